The SMILES string of the molecule is CCC(CO)Nc1cccc(OC(C)C)c1[N+](=O)[O-]. The van der Waals surface area contributed by atoms with Gasteiger partial charge >= 0.3 is 5.69 Å². The lowest BCUT2D eigenvalue weighted by atomic mass is 10.2. The summed E-state index contributed by atoms with van der Waals surface area (Å²) in [7, 11) is 0. The molecular formula is C13H20N2O4. The summed E-state index contributed by atoms with van der Waals surface area (Å²) in [5.74, 6) is 0.234. The Morgan fingerprint density at radius 3 is 2.63 bits per heavy atom. The topological polar surface area (TPSA) is 84.6 Å². The van der Waals surface area contributed by atoms with Crippen LogP contribution in [0.1, 0.15) is 27.2 Å². The lowest BCUT2D eigenvalue weighted by Gasteiger charge is -2.17. The number of ether oxygens (including phenoxy) is 1. The quantitative estimate of drug-likeness (QED) is 0.586. The molecule has 0 amide bonds. The highest BCUT2D eigenvalue weighted by molar-refractivity contribution is 5.68. The van der Waals surface area contributed by atoms with Crippen LogP contribution in [0.2, 0.25) is 0 Å². The number of nitro groups is 1. The van der Waals surface area contributed by atoms with Crippen LogP contribution in [-0.2, 0) is 0 Å². The van der Waals surface area contributed by atoms with Crippen molar-refractivity contribution >= 4 is 11.4 Å². The van der Waals surface area contributed by atoms with Gasteiger partial charge in [-0.05, 0) is 32.4 Å². The molecule has 106 valence electrons. The maximum atomic E-state index is 11.2. The second-order valence-electron chi connectivity index (χ2n) is 4.51. The molecule has 0 aromatic heterocycles. The number of nitrogens with zero attached hydrogens (tertiary/aromatic N) is 1. The van der Waals surface area contributed by atoms with Crippen LogP contribution in [0.5, 0.6) is 5.75 Å². The predicted molar refractivity (Wildman–Crippen MR) is 73.6 cm³/mol. The van der Waals surface area contributed by atoms with E-state index in [-0.39, 0.29) is 30.2 Å². The van der Waals surface area contributed by atoms with Crippen LogP contribution in [0.25, 0.3) is 0 Å². The molecule has 1 unspecified atom stereocenters. The van der Waals surface area contributed by atoms with Gasteiger partial charge in [0.25, 0.3) is 0 Å². The third-order valence-corrected chi connectivity index (χ3v) is 2.62. The molecule has 0 saturated heterocycles. The molecule has 2 N–H and O–H groups in total. The van der Waals surface area contributed by atoms with E-state index in [1.165, 1.54) is 0 Å². The van der Waals surface area contributed by atoms with E-state index in [1.807, 2.05) is 20.8 Å². The Morgan fingerprint density at radius 2 is 2.16 bits per heavy atom. The summed E-state index contributed by atoms with van der Waals surface area (Å²) >= 11 is 0. The van der Waals surface area contributed by atoms with Crippen LogP contribution in [-0.4, -0.2) is 28.8 Å². The number of benzene rings is 1. The molecule has 0 radical (unpaired) electrons. The maximum absolute atomic E-state index is 11.2. The average Bonchev–Trinajstić information content (AvgIpc) is 2.34. The van der Waals surface area contributed by atoms with Gasteiger partial charge in [-0.15, -0.1) is 0 Å². The number of anilines is 1. The van der Waals surface area contributed by atoms with Crippen LogP contribution in [0, 0.1) is 10.1 Å². The summed E-state index contributed by atoms with van der Waals surface area (Å²) in [5, 5.41) is 23.3. The fraction of sp³-hybridized carbons (Fsp3) is 0.538. The van der Waals surface area contributed by atoms with Gasteiger partial charge in [-0.25, -0.2) is 0 Å². The highest BCUT2D eigenvalue weighted by Gasteiger charge is 2.23. The van der Waals surface area contributed by atoms with E-state index in [1.54, 1.807) is 18.2 Å². The molecule has 0 spiro atoms. The third kappa shape index (κ3) is 4.10. The third-order valence-electron chi connectivity index (χ3n) is 2.62. The first kappa shape index (κ1) is 15.2. The molecule has 0 aliphatic rings. The Bertz CT molecular complexity index is 431. The van der Waals surface area contributed by atoms with Crippen LogP contribution in [0.15, 0.2) is 18.2 Å². The molecule has 0 bridgehead atoms. The molecule has 0 aliphatic heterocycles. The van der Waals surface area contributed by atoms with Gasteiger partial charge in [-0.3, -0.25) is 10.1 Å². The van der Waals surface area contributed by atoms with E-state index >= 15 is 0 Å². The summed E-state index contributed by atoms with van der Waals surface area (Å²) in [5.41, 5.74) is 0.271. The van der Waals surface area contributed by atoms with E-state index in [9.17, 15) is 10.1 Å². The Kier molecular flexibility index (Phi) is 5.57. The number of nitro benzene ring substituents is 1. The first-order valence-electron chi connectivity index (χ1n) is 6.31. The monoisotopic (exact) mass is 268 g/mol. The summed E-state index contributed by atoms with van der Waals surface area (Å²) in [6, 6.07) is 4.66. The Balaban J connectivity index is 3.12. The maximum Gasteiger partial charge on any atom is 0.333 e. The van der Waals surface area contributed by atoms with Gasteiger partial charge in [0.2, 0.25) is 0 Å². The second-order valence-corrected chi connectivity index (χ2v) is 4.51. The molecule has 1 rings (SSSR count). The molecule has 1 atom stereocenters. The van der Waals surface area contributed by atoms with Gasteiger partial charge in [-0.2, -0.15) is 0 Å². The Labute approximate surface area is 112 Å². The highest BCUT2D eigenvalue weighted by Crippen LogP contribution is 2.35. The first-order valence-corrected chi connectivity index (χ1v) is 6.31. The van der Waals surface area contributed by atoms with E-state index in [2.05, 4.69) is 5.32 Å². The number of nitrogens with one attached hydrogen (secondary N) is 1. The van der Waals surface area contributed by atoms with E-state index in [0.717, 1.165) is 0 Å². The minimum atomic E-state index is -0.468. The zero-order valence-corrected chi connectivity index (χ0v) is 11.4. The van der Waals surface area contributed by atoms with E-state index in [4.69, 9.17) is 9.84 Å². The summed E-state index contributed by atoms with van der Waals surface area (Å²) < 4.78 is 5.45. The summed E-state index contributed by atoms with van der Waals surface area (Å²) in [4.78, 5) is 10.7. The van der Waals surface area contributed by atoms with Crippen molar-refractivity contribution in [1.29, 1.82) is 0 Å². The standard InChI is InChI=1S/C13H20N2O4/c1-4-10(8-16)14-11-6-5-7-12(19-9(2)3)13(11)15(17)18/h5-7,9-10,14,16H,4,8H2,1-3H3. The molecule has 0 fully saturated rings. The Morgan fingerprint density at radius 1 is 1.47 bits per heavy atom. The fourth-order valence-electron chi connectivity index (χ4n) is 1.67. The molecule has 19 heavy (non-hydrogen) atoms. The Hall–Kier alpha value is -1.82. The minimum absolute atomic E-state index is 0.0804. The van der Waals surface area contributed by atoms with Crippen LogP contribution in [0.3, 0.4) is 0 Å². The lowest BCUT2D eigenvalue weighted by molar-refractivity contribution is -0.385. The zero-order chi connectivity index (χ0) is 14.4. The average molecular weight is 268 g/mol. The number of aliphatic hydroxyl groups excluding tert-OH is 1. The number of hydrogen-bond donors (Lipinski definition) is 2. The summed E-state index contributed by atoms with van der Waals surface area (Å²) in [6.07, 6.45) is 0.525. The minimum Gasteiger partial charge on any atom is -0.484 e. The normalized spacial score (nSPS) is 12.3. The van der Waals surface area contributed by atoms with Crippen molar-refractivity contribution in [2.24, 2.45) is 0 Å². The van der Waals surface area contributed by atoms with Gasteiger partial charge in [0, 0.05) is 6.04 Å². The highest BCUT2D eigenvalue weighted by atomic mass is 16.6. The van der Waals surface area contributed by atoms with Crippen LogP contribution >= 0.6 is 0 Å². The van der Waals surface area contributed by atoms with Crippen molar-refractivity contribution in [2.75, 3.05) is 11.9 Å². The van der Waals surface area contributed by atoms with Crippen molar-refractivity contribution in [3.63, 3.8) is 0 Å². The van der Waals surface area contributed by atoms with Crippen LogP contribution in [0.4, 0.5) is 11.4 Å². The largest absolute Gasteiger partial charge is 0.484 e. The molecule has 6 heteroatoms. The smallest absolute Gasteiger partial charge is 0.333 e. The lowest BCUT2D eigenvalue weighted by Crippen LogP contribution is -2.23. The van der Waals surface area contributed by atoms with E-state index in [0.29, 0.717) is 12.1 Å². The molecule has 0 heterocycles. The number of aliphatic hydroxyl groups is 1. The summed E-state index contributed by atoms with van der Waals surface area (Å²) in [6.45, 7) is 5.44. The van der Waals surface area contributed by atoms with Crippen molar-refractivity contribution in [1.82, 2.24) is 0 Å². The van der Waals surface area contributed by atoms with Gasteiger partial charge in [-0.1, -0.05) is 13.0 Å². The van der Waals surface area contributed by atoms with Crippen molar-refractivity contribution < 1.29 is 14.8 Å². The van der Waals surface area contributed by atoms with Gasteiger partial charge in [0.1, 0.15) is 5.69 Å². The van der Waals surface area contributed by atoms with Gasteiger partial charge < -0.3 is 15.2 Å². The van der Waals surface area contributed by atoms with Crippen LogP contribution < -0.4 is 10.1 Å². The number of hydrogen-bond acceptors (Lipinski definition) is 5. The zero-order valence-electron chi connectivity index (χ0n) is 11.4. The molecule has 0 saturated carbocycles. The molecular weight excluding hydrogens is 248 g/mol. The molecule has 1 aromatic rings. The van der Waals surface area contributed by atoms with Gasteiger partial charge in [0.05, 0.1) is 17.6 Å². The van der Waals surface area contributed by atoms with Gasteiger partial charge in [0.15, 0.2) is 5.75 Å². The van der Waals surface area contributed by atoms with Crippen molar-refractivity contribution in [3.8, 4) is 5.75 Å². The molecule has 1 aromatic carbocycles. The van der Waals surface area contributed by atoms with Crippen molar-refractivity contribution in [3.05, 3.63) is 28.3 Å². The number of rotatable bonds is 7. The first-order chi connectivity index (χ1) is 8.99. The number of para-hydroxylation sites is 1. The molecule has 0 aliphatic carbocycles. The van der Waals surface area contributed by atoms with E-state index < -0.39 is 4.92 Å². The predicted octanol–water partition coefficient (Wildman–Crippen LogP) is 2.56. The molecule has 6 nitrogen and oxygen atoms in total. The second kappa shape index (κ2) is 6.94. The fourth-order valence-corrected chi connectivity index (χ4v) is 1.67. The van der Waals surface area contributed by atoms with Crippen molar-refractivity contribution in [2.45, 2.75) is 39.3 Å².